The van der Waals surface area contributed by atoms with E-state index in [0.29, 0.717) is 13.0 Å². The van der Waals surface area contributed by atoms with Gasteiger partial charge in [0.15, 0.2) is 0 Å². The Bertz CT molecular complexity index is 417. The van der Waals surface area contributed by atoms with E-state index in [2.05, 4.69) is 24.1 Å². The van der Waals surface area contributed by atoms with Gasteiger partial charge in [-0.1, -0.05) is 26.0 Å². The monoisotopic (exact) mass is 292 g/mol. The third kappa shape index (κ3) is 7.71. The molecular formula is C17H28N2O2. The van der Waals surface area contributed by atoms with Crippen LogP contribution in [-0.2, 0) is 4.79 Å². The Balaban J connectivity index is 2.09. The number of aryl methyl sites for hydroxylation is 1. The summed E-state index contributed by atoms with van der Waals surface area (Å²) in [4.78, 5) is 14.0. The van der Waals surface area contributed by atoms with E-state index in [1.165, 1.54) is 0 Å². The Morgan fingerprint density at radius 2 is 2.05 bits per heavy atom. The molecule has 4 heteroatoms. The Morgan fingerprint density at radius 3 is 2.71 bits per heavy atom. The van der Waals surface area contributed by atoms with Gasteiger partial charge in [-0.3, -0.25) is 4.79 Å². The van der Waals surface area contributed by atoms with Crippen molar-refractivity contribution in [2.45, 2.75) is 33.6 Å². The summed E-state index contributed by atoms with van der Waals surface area (Å²) in [7, 11) is 0. The third-order valence-electron chi connectivity index (χ3n) is 3.46. The molecule has 0 bridgehead atoms. The smallest absolute Gasteiger partial charge is 0.223 e. The molecule has 0 saturated carbocycles. The molecule has 4 nitrogen and oxygen atoms in total. The van der Waals surface area contributed by atoms with Gasteiger partial charge in [-0.15, -0.1) is 0 Å². The fourth-order valence-electron chi connectivity index (χ4n) is 2.13. The van der Waals surface area contributed by atoms with Crippen LogP contribution >= 0.6 is 0 Å². The average molecular weight is 292 g/mol. The highest BCUT2D eigenvalue weighted by atomic mass is 16.5. The molecule has 0 aliphatic heterocycles. The lowest BCUT2D eigenvalue weighted by Crippen LogP contribution is -2.30. The number of nitrogens with one attached hydrogen (secondary N) is 1. The number of nitrogens with zero attached hydrogens (tertiary/aromatic N) is 1. The first-order chi connectivity index (χ1) is 10.2. The van der Waals surface area contributed by atoms with E-state index >= 15 is 0 Å². The standard InChI is InChI=1S/C17H28N2O2/c1-4-19(5-2)12-7-11-18-17(20)10-13-21-16-9-6-8-15(3)14-16/h6,8-9,14H,4-5,7,10-13H2,1-3H3,(H,18,20). The van der Waals surface area contributed by atoms with Gasteiger partial charge in [0, 0.05) is 6.54 Å². The fraction of sp³-hybridized carbons (Fsp3) is 0.588. The lowest BCUT2D eigenvalue weighted by Gasteiger charge is -2.17. The average Bonchev–Trinajstić information content (AvgIpc) is 2.47. The zero-order chi connectivity index (χ0) is 15.5. The molecule has 0 spiro atoms. The van der Waals surface area contributed by atoms with Gasteiger partial charge in [0.05, 0.1) is 13.0 Å². The van der Waals surface area contributed by atoms with Gasteiger partial charge in [-0.05, 0) is 50.7 Å². The van der Waals surface area contributed by atoms with E-state index in [1.54, 1.807) is 0 Å². The second-order valence-electron chi connectivity index (χ2n) is 5.15. The maximum Gasteiger partial charge on any atom is 0.223 e. The summed E-state index contributed by atoms with van der Waals surface area (Å²) < 4.78 is 5.57. The molecule has 0 heterocycles. The quantitative estimate of drug-likeness (QED) is 0.674. The van der Waals surface area contributed by atoms with Crippen LogP contribution in [0.4, 0.5) is 0 Å². The van der Waals surface area contributed by atoms with Gasteiger partial charge in [0.25, 0.3) is 0 Å². The van der Waals surface area contributed by atoms with Crippen molar-refractivity contribution in [1.29, 1.82) is 0 Å². The van der Waals surface area contributed by atoms with Gasteiger partial charge in [-0.2, -0.15) is 0 Å². The van der Waals surface area contributed by atoms with Crippen molar-refractivity contribution < 1.29 is 9.53 Å². The molecule has 0 aliphatic carbocycles. The van der Waals surface area contributed by atoms with E-state index in [4.69, 9.17) is 4.74 Å². The number of hydrogen-bond acceptors (Lipinski definition) is 3. The number of ether oxygens (including phenoxy) is 1. The Morgan fingerprint density at radius 1 is 1.29 bits per heavy atom. The van der Waals surface area contributed by atoms with E-state index < -0.39 is 0 Å². The van der Waals surface area contributed by atoms with E-state index in [9.17, 15) is 4.79 Å². The number of carbonyl (C=O) groups is 1. The maximum absolute atomic E-state index is 11.7. The van der Waals surface area contributed by atoms with Gasteiger partial charge in [0.2, 0.25) is 5.91 Å². The van der Waals surface area contributed by atoms with Crippen molar-refractivity contribution in [2.24, 2.45) is 0 Å². The van der Waals surface area contributed by atoms with Crippen molar-refractivity contribution in [3.8, 4) is 5.75 Å². The molecule has 1 rings (SSSR count). The topological polar surface area (TPSA) is 41.6 Å². The highest BCUT2D eigenvalue weighted by Crippen LogP contribution is 2.12. The molecule has 0 fully saturated rings. The molecule has 1 N–H and O–H groups in total. The van der Waals surface area contributed by atoms with Gasteiger partial charge in [-0.25, -0.2) is 0 Å². The Labute approximate surface area is 128 Å². The first kappa shape index (κ1) is 17.5. The summed E-state index contributed by atoms with van der Waals surface area (Å²) in [6, 6.07) is 7.87. The Kier molecular flexibility index (Phi) is 8.51. The summed E-state index contributed by atoms with van der Waals surface area (Å²) in [6.45, 7) is 10.7. The first-order valence-corrected chi connectivity index (χ1v) is 7.84. The molecule has 1 aromatic rings. The minimum absolute atomic E-state index is 0.0576. The molecule has 1 amide bonds. The lowest BCUT2D eigenvalue weighted by atomic mass is 10.2. The molecule has 0 radical (unpaired) electrons. The van der Waals surface area contributed by atoms with Crippen molar-refractivity contribution in [3.05, 3.63) is 29.8 Å². The summed E-state index contributed by atoms with van der Waals surface area (Å²) in [6.07, 6.45) is 1.39. The summed E-state index contributed by atoms with van der Waals surface area (Å²) in [5.74, 6) is 0.881. The SMILES string of the molecule is CCN(CC)CCCNC(=O)CCOc1cccc(C)c1. The number of amides is 1. The molecule has 0 unspecified atom stereocenters. The van der Waals surface area contributed by atoms with Crippen LogP contribution in [0.15, 0.2) is 24.3 Å². The fourth-order valence-corrected chi connectivity index (χ4v) is 2.13. The highest BCUT2D eigenvalue weighted by molar-refractivity contribution is 5.75. The van der Waals surface area contributed by atoms with Crippen LogP contribution in [0.2, 0.25) is 0 Å². The van der Waals surface area contributed by atoms with Crippen LogP contribution in [0.25, 0.3) is 0 Å². The van der Waals surface area contributed by atoms with Crippen LogP contribution in [-0.4, -0.2) is 43.6 Å². The summed E-state index contributed by atoms with van der Waals surface area (Å²) >= 11 is 0. The van der Waals surface area contributed by atoms with Gasteiger partial charge >= 0.3 is 0 Å². The molecule has 118 valence electrons. The van der Waals surface area contributed by atoms with Gasteiger partial charge in [0.1, 0.15) is 5.75 Å². The van der Waals surface area contributed by atoms with Gasteiger partial charge < -0.3 is 15.0 Å². The van der Waals surface area contributed by atoms with Crippen LogP contribution in [0.3, 0.4) is 0 Å². The summed E-state index contributed by atoms with van der Waals surface area (Å²) in [5.41, 5.74) is 1.16. The van der Waals surface area contributed by atoms with E-state index in [0.717, 1.165) is 43.9 Å². The lowest BCUT2D eigenvalue weighted by molar-refractivity contribution is -0.121. The number of rotatable bonds is 10. The molecule has 0 atom stereocenters. The minimum Gasteiger partial charge on any atom is -0.493 e. The largest absolute Gasteiger partial charge is 0.493 e. The molecule has 0 aromatic heterocycles. The van der Waals surface area contributed by atoms with Crippen molar-refractivity contribution in [3.63, 3.8) is 0 Å². The number of hydrogen-bond donors (Lipinski definition) is 1. The third-order valence-corrected chi connectivity index (χ3v) is 3.46. The van der Waals surface area contributed by atoms with Crippen molar-refractivity contribution >= 4 is 5.91 Å². The van der Waals surface area contributed by atoms with Crippen LogP contribution < -0.4 is 10.1 Å². The second kappa shape index (κ2) is 10.2. The zero-order valence-electron chi connectivity index (χ0n) is 13.5. The predicted molar refractivity (Wildman–Crippen MR) is 86.7 cm³/mol. The molecule has 21 heavy (non-hydrogen) atoms. The molecule has 1 aromatic carbocycles. The molecule has 0 saturated heterocycles. The van der Waals surface area contributed by atoms with Crippen LogP contribution in [0, 0.1) is 6.92 Å². The van der Waals surface area contributed by atoms with Crippen molar-refractivity contribution in [1.82, 2.24) is 10.2 Å². The number of carbonyl (C=O) groups excluding carboxylic acids is 1. The van der Waals surface area contributed by atoms with E-state index in [1.807, 2.05) is 31.2 Å². The Hall–Kier alpha value is -1.55. The predicted octanol–water partition coefficient (Wildman–Crippen LogP) is 2.61. The molecule has 0 aliphatic rings. The highest BCUT2D eigenvalue weighted by Gasteiger charge is 2.03. The normalized spacial score (nSPS) is 10.7. The first-order valence-electron chi connectivity index (χ1n) is 7.84. The van der Waals surface area contributed by atoms with Crippen molar-refractivity contribution in [2.75, 3.05) is 32.8 Å². The second-order valence-corrected chi connectivity index (χ2v) is 5.15. The maximum atomic E-state index is 11.7. The molecular weight excluding hydrogens is 264 g/mol. The van der Waals surface area contributed by atoms with Crippen LogP contribution in [0.1, 0.15) is 32.3 Å². The van der Waals surface area contributed by atoms with Crippen LogP contribution in [0.5, 0.6) is 5.75 Å². The zero-order valence-corrected chi connectivity index (χ0v) is 13.5. The number of benzene rings is 1. The summed E-state index contributed by atoms with van der Waals surface area (Å²) in [5, 5.41) is 2.94. The van der Waals surface area contributed by atoms with E-state index in [-0.39, 0.29) is 5.91 Å². The minimum atomic E-state index is 0.0576.